The number of hydrogen-bond donors (Lipinski definition) is 0. The first-order valence-electron chi connectivity index (χ1n) is 9.47. The Bertz CT molecular complexity index is 1030. The molecule has 0 bridgehead atoms. The highest BCUT2D eigenvalue weighted by atomic mass is 35.5. The van der Waals surface area contributed by atoms with Gasteiger partial charge in [0.25, 0.3) is 0 Å². The maximum atomic E-state index is 11.4. The molecule has 0 spiro atoms. The third-order valence-electron chi connectivity index (χ3n) is 4.38. The van der Waals surface area contributed by atoms with Crippen molar-refractivity contribution >= 4 is 23.8 Å². The van der Waals surface area contributed by atoms with Crippen molar-refractivity contribution in [3.05, 3.63) is 94.0 Å². The lowest BCUT2D eigenvalue weighted by Gasteiger charge is -2.11. The number of benzene rings is 3. The summed E-state index contributed by atoms with van der Waals surface area (Å²) in [6.07, 6.45) is 1.59. The molecule has 7 heteroatoms. The molecule has 0 atom stereocenters. The van der Waals surface area contributed by atoms with Gasteiger partial charge in [-0.15, -0.1) is 0 Å². The van der Waals surface area contributed by atoms with Gasteiger partial charge in [0.05, 0.1) is 26.0 Å². The van der Waals surface area contributed by atoms with E-state index in [0.29, 0.717) is 28.7 Å². The highest BCUT2D eigenvalue weighted by Crippen LogP contribution is 2.28. The molecule has 3 aromatic rings. The van der Waals surface area contributed by atoms with Gasteiger partial charge in [0.15, 0.2) is 11.5 Å². The van der Waals surface area contributed by atoms with E-state index in [1.165, 1.54) is 7.11 Å². The van der Waals surface area contributed by atoms with Crippen LogP contribution in [-0.4, -0.2) is 26.4 Å². The summed E-state index contributed by atoms with van der Waals surface area (Å²) in [6.45, 7) is 0.677. The molecule has 0 amide bonds. The van der Waals surface area contributed by atoms with Crippen LogP contribution in [0.15, 0.2) is 71.9 Å². The number of esters is 1. The molecule has 0 radical (unpaired) electrons. The Hall–Kier alpha value is -3.51. The van der Waals surface area contributed by atoms with Crippen molar-refractivity contribution in [1.82, 2.24) is 0 Å². The Morgan fingerprint density at radius 2 is 1.58 bits per heavy atom. The zero-order valence-electron chi connectivity index (χ0n) is 17.2. The number of oxime groups is 1. The molecule has 0 heterocycles. The lowest BCUT2D eigenvalue weighted by Crippen LogP contribution is -2.01. The van der Waals surface area contributed by atoms with Crippen LogP contribution in [-0.2, 0) is 22.8 Å². The fourth-order valence-electron chi connectivity index (χ4n) is 2.69. The van der Waals surface area contributed by atoms with Gasteiger partial charge in [-0.25, -0.2) is 4.79 Å². The summed E-state index contributed by atoms with van der Waals surface area (Å²) in [5.74, 6) is 0.845. The molecular weight excluding hydrogens is 418 g/mol. The summed E-state index contributed by atoms with van der Waals surface area (Å²) in [5.41, 5.74) is 3.18. The smallest absolute Gasteiger partial charge is 0.337 e. The molecule has 0 unspecified atom stereocenters. The maximum absolute atomic E-state index is 11.4. The van der Waals surface area contributed by atoms with Crippen LogP contribution in [0.3, 0.4) is 0 Å². The second kappa shape index (κ2) is 11.0. The summed E-state index contributed by atoms with van der Waals surface area (Å²) >= 11 is 5.90. The van der Waals surface area contributed by atoms with Crippen molar-refractivity contribution in [2.24, 2.45) is 5.16 Å². The molecule has 0 fully saturated rings. The monoisotopic (exact) mass is 439 g/mol. The molecule has 0 saturated carbocycles. The number of halogens is 1. The van der Waals surface area contributed by atoms with Crippen LogP contribution >= 0.6 is 11.6 Å². The van der Waals surface area contributed by atoms with Crippen LogP contribution in [0.4, 0.5) is 0 Å². The number of carbonyl (C=O) groups is 1. The fourth-order valence-corrected chi connectivity index (χ4v) is 2.82. The SMILES string of the molecule is COC(=O)c1ccc(CO/N=C/c2ccc(OCc3ccc(Cl)cc3)c(OC)c2)cc1. The van der Waals surface area contributed by atoms with E-state index in [4.69, 9.17) is 25.9 Å². The summed E-state index contributed by atoms with van der Waals surface area (Å²) in [7, 11) is 2.93. The van der Waals surface area contributed by atoms with Gasteiger partial charge in [0.1, 0.15) is 13.2 Å². The minimum absolute atomic E-state index is 0.275. The fraction of sp³-hybridized carbons (Fsp3) is 0.167. The molecule has 31 heavy (non-hydrogen) atoms. The largest absolute Gasteiger partial charge is 0.493 e. The molecular formula is C24H22ClNO5. The molecule has 3 rings (SSSR count). The van der Waals surface area contributed by atoms with E-state index in [-0.39, 0.29) is 12.6 Å². The predicted octanol–water partition coefficient (Wildman–Crippen LogP) is 5.26. The minimum Gasteiger partial charge on any atom is -0.493 e. The number of nitrogens with zero attached hydrogens (tertiary/aromatic N) is 1. The summed E-state index contributed by atoms with van der Waals surface area (Å²) in [5, 5.41) is 4.68. The number of rotatable bonds is 9. The van der Waals surface area contributed by atoms with Crippen LogP contribution in [0.5, 0.6) is 11.5 Å². The Labute approximate surface area is 186 Å². The molecule has 0 aromatic heterocycles. The first kappa shape index (κ1) is 22.2. The van der Waals surface area contributed by atoms with Crippen molar-refractivity contribution < 1.29 is 23.8 Å². The molecule has 3 aromatic carbocycles. The van der Waals surface area contributed by atoms with Gasteiger partial charge in [-0.1, -0.05) is 41.0 Å². The summed E-state index contributed by atoms with van der Waals surface area (Å²) < 4.78 is 15.9. The topological polar surface area (TPSA) is 66.4 Å². The zero-order valence-corrected chi connectivity index (χ0v) is 18.0. The second-order valence-electron chi connectivity index (χ2n) is 6.52. The highest BCUT2D eigenvalue weighted by molar-refractivity contribution is 6.30. The lowest BCUT2D eigenvalue weighted by atomic mass is 10.1. The van der Waals surface area contributed by atoms with Crippen LogP contribution in [0, 0.1) is 0 Å². The van der Waals surface area contributed by atoms with Gasteiger partial charge in [-0.05, 0) is 53.6 Å². The average Bonchev–Trinajstić information content (AvgIpc) is 2.81. The normalized spacial score (nSPS) is 10.7. The van der Waals surface area contributed by atoms with E-state index < -0.39 is 0 Å². The van der Waals surface area contributed by atoms with Gasteiger partial charge in [-0.3, -0.25) is 0 Å². The molecule has 0 aliphatic rings. The van der Waals surface area contributed by atoms with E-state index in [0.717, 1.165) is 16.7 Å². The predicted molar refractivity (Wildman–Crippen MR) is 119 cm³/mol. The van der Waals surface area contributed by atoms with E-state index in [2.05, 4.69) is 9.89 Å². The molecule has 0 aliphatic carbocycles. The van der Waals surface area contributed by atoms with Crippen LogP contribution in [0.1, 0.15) is 27.0 Å². The maximum Gasteiger partial charge on any atom is 0.337 e. The van der Waals surface area contributed by atoms with E-state index in [1.54, 1.807) is 37.6 Å². The Balaban J connectivity index is 1.54. The highest BCUT2D eigenvalue weighted by Gasteiger charge is 2.06. The van der Waals surface area contributed by atoms with Gasteiger partial charge >= 0.3 is 5.97 Å². The Morgan fingerprint density at radius 3 is 2.26 bits per heavy atom. The molecule has 6 nitrogen and oxygen atoms in total. The first-order valence-corrected chi connectivity index (χ1v) is 9.84. The van der Waals surface area contributed by atoms with Crippen molar-refractivity contribution in [2.75, 3.05) is 14.2 Å². The standard InChI is InChI=1S/C24H22ClNO5/c1-28-23-13-19(7-12-22(23)30-15-17-5-10-21(25)11-6-17)14-26-31-16-18-3-8-20(9-4-18)24(27)29-2/h3-14H,15-16H2,1-2H3/b26-14+. The number of hydrogen-bond acceptors (Lipinski definition) is 6. The van der Waals surface area contributed by atoms with Gasteiger partial charge < -0.3 is 19.0 Å². The zero-order chi connectivity index (χ0) is 22.1. The van der Waals surface area contributed by atoms with E-state index in [9.17, 15) is 4.79 Å². The quantitative estimate of drug-likeness (QED) is 0.258. The summed E-state index contributed by atoms with van der Waals surface area (Å²) in [6, 6.07) is 19.9. The molecule has 0 aliphatic heterocycles. The van der Waals surface area contributed by atoms with Crippen LogP contribution < -0.4 is 9.47 Å². The first-order chi connectivity index (χ1) is 15.1. The van der Waals surface area contributed by atoms with Crippen molar-refractivity contribution in [3.8, 4) is 11.5 Å². The molecule has 0 N–H and O–H groups in total. The lowest BCUT2D eigenvalue weighted by molar-refractivity contribution is 0.0600. The number of carbonyl (C=O) groups excluding carboxylic acids is 1. The van der Waals surface area contributed by atoms with Crippen LogP contribution in [0.25, 0.3) is 0 Å². The summed E-state index contributed by atoms with van der Waals surface area (Å²) in [4.78, 5) is 16.8. The van der Waals surface area contributed by atoms with Crippen molar-refractivity contribution in [3.63, 3.8) is 0 Å². The van der Waals surface area contributed by atoms with Gasteiger partial charge in [-0.2, -0.15) is 0 Å². The third-order valence-corrected chi connectivity index (χ3v) is 4.63. The average molecular weight is 440 g/mol. The van der Waals surface area contributed by atoms with E-state index in [1.807, 2.05) is 42.5 Å². The third kappa shape index (κ3) is 6.49. The number of ether oxygens (including phenoxy) is 3. The Morgan fingerprint density at radius 1 is 0.903 bits per heavy atom. The van der Waals surface area contributed by atoms with Crippen molar-refractivity contribution in [2.45, 2.75) is 13.2 Å². The van der Waals surface area contributed by atoms with Gasteiger partial charge in [0.2, 0.25) is 0 Å². The minimum atomic E-state index is -0.375. The number of methoxy groups -OCH3 is 2. The molecule has 0 saturated heterocycles. The molecule has 160 valence electrons. The van der Waals surface area contributed by atoms with Gasteiger partial charge in [0, 0.05) is 10.6 Å². The van der Waals surface area contributed by atoms with Crippen molar-refractivity contribution in [1.29, 1.82) is 0 Å². The van der Waals surface area contributed by atoms with E-state index >= 15 is 0 Å². The Kier molecular flexibility index (Phi) is 7.90. The van der Waals surface area contributed by atoms with Crippen LogP contribution in [0.2, 0.25) is 5.02 Å². The second-order valence-corrected chi connectivity index (χ2v) is 6.96.